The molecule has 1 heterocycles. The van der Waals surface area contributed by atoms with Gasteiger partial charge in [-0.1, -0.05) is 30.1 Å². The number of thiophene rings is 1. The second kappa shape index (κ2) is 6.36. The predicted octanol–water partition coefficient (Wildman–Crippen LogP) is 5.95. The number of alkyl halides is 1. The molecule has 0 fully saturated rings. The second-order valence-electron chi connectivity index (χ2n) is 4.03. The van der Waals surface area contributed by atoms with Gasteiger partial charge in [0.2, 0.25) is 0 Å². The van der Waals surface area contributed by atoms with E-state index in [1.165, 1.54) is 4.88 Å². The van der Waals surface area contributed by atoms with Gasteiger partial charge in [-0.05, 0) is 30.2 Å². The Balaban J connectivity index is 2.38. The highest BCUT2D eigenvalue weighted by Crippen LogP contribution is 2.41. The van der Waals surface area contributed by atoms with Crippen molar-refractivity contribution in [1.82, 2.24) is 0 Å². The van der Waals surface area contributed by atoms with Crippen LogP contribution in [0.3, 0.4) is 0 Å². The Morgan fingerprint density at radius 1 is 1.21 bits per heavy atom. The summed E-state index contributed by atoms with van der Waals surface area (Å²) in [5.74, 6) is 0.555. The maximum Gasteiger partial charge on any atom is 0.138 e. The molecule has 2 rings (SSSR count). The molecule has 1 atom stereocenters. The van der Waals surface area contributed by atoms with E-state index in [1.54, 1.807) is 30.6 Å². The highest BCUT2D eigenvalue weighted by atomic mass is 35.5. The molecule has 0 spiro atoms. The molecule has 1 aromatic heterocycles. The zero-order chi connectivity index (χ0) is 14.0. The number of ether oxygens (including phenoxy) is 1. The number of hydrogen-bond donors (Lipinski definition) is 0. The average molecular weight is 336 g/mol. The fourth-order valence-corrected chi connectivity index (χ4v) is 3.67. The summed E-state index contributed by atoms with van der Waals surface area (Å²) in [7, 11) is 1.56. The van der Waals surface area contributed by atoms with Crippen LogP contribution in [0.25, 0.3) is 0 Å². The summed E-state index contributed by atoms with van der Waals surface area (Å²) < 4.78 is 5.13. The van der Waals surface area contributed by atoms with E-state index in [2.05, 4.69) is 13.0 Å². The van der Waals surface area contributed by atoms with Crippen LogP contribution in [0.2, 0.25) is 10.0 Å². The summed E-state index contributed by atoms with van der Waals surface area (Å²) >= 11 is 20.6. The van der Waals surface area contributed by atoms with E-state index in [0.717, 1.165) is 16.9 Å². The third-order valence-electron chi connectivity index (χ3n) is 2.82. The maximum absolute atomic E-state index is 6.50. The van der Waals surface area contributed by atoms with Crippen molar-refractivity contribution in [3.05, 3.63) is 49.6 Å². The summed E-state index contributed by atoms with van der Waals surface area (Å²) in [4.78, 5) is 2.37. The molecule has 0 aliphatic rings. The number of aryl methyl sites for hydroxylation is 1. The first-order chi connectivity index (χ1) is 9.06. The molecule has 5 heteroatoms. The van der Waals surface area contributed by atoms with Crippen molar-refractivity contribution in [1.29, 1.82) is 0 Å². The molecular formula is C14H13Cl3OS. The standard InChI is InChI=1S/C14H13Cl3OS/c1-3-8-4-5-13(19-8)14(17)9-6-11(16)12(18-2)7-10(9)15/h4-7,14H,3H2,1-2H3. The van der Waals surface area contributed by atoms with Gasteiger partial charge in [-0.15, -0.1) is 22.9 Å². The summed E-state index contributed by atoms with van der Waals surface area (Å²) in [6.45, 7) is 2.12. The van der Waals surface area contributed by atoms with Gasteiger partial charge in [0.25, 0.3) is 0 Å². The van der Waals surface area contributed by atoms with E-state index < -0.39 is 0 Å². The molecule has 0 saturated carbocycles. The first kappa shape index (κ1) is 15.0. The predicted molar refractivity (Wildman–Crippen MR) is 84.4 cm³/mol. The largest absolute Gasteiger partial charge is 0.495 e. The Kier molecular flexibility index (Phi) is 5.02. The van der Waals surface area contributed by atoms with E-state index in [1.807, 2.05) is 6.07 Å². The van der Waals surface area contributed by atoms with Gasteiger partial charge in [-0.25, -0.2) is 0 Å². The van der Waals surface area contributed by atoms with E-state index >= 15 is 0 Å². The maximum atomic E-state index is 6.50. The van der Waals surface area contributed by atoms with Gasteiger partial charge in [0.15, 0.2) is 0 Å². The van der Waals surface area contributed by atoms with Crippen LogP contribution < -0.4 is 4.74 Å². The second-order valence-corrected chi connectivity index (χ2v) is 6.48. The van der Waals surface area contributed by atoms with E-state index in [4.69, 9.17) is 39.5 Å². The van der Waals surface area contributed by atoms with Gasteiger partial charge in [-0.2, -0.15) is 0 Å². The number of methoxy groups -OCH3 is 1. The Labute approximate surface area is 132 Å². The van der Waals surface area contributed by atoms with Crippen molar-refractivity contribution in [3.63, 3.8) is 0 Å². The van der Waals surface area contributed by atoms with Crippen LogP contribution in [0.15, 0.2) is 24.3 Å². The lowest BCUT2D eigenvalue weighted by Gasteiger charge is -2.12. The highest BCUT2D eigenvalue weighted by Gasteiger charge is 2.18. The minimum atomic E-state index is -0.291. The highest BCUT2D eigenvalue weighted by molar-refractivity contribution is 7.12. The molecule has 1 unspecified atom stereocenters. The summed E-state index contributed by atoms with van der Waals surface area (Å²) in [5, 5.41) is 0.786. The Morgan fingerprint density at radius 2 is 1.95 bits per heavy atom. The third kappa shape index (κ3) is 3.19. The lowest BCUT2D eigenvalue weighted by atomic mass is 10.1. The molecule has 0 bridgehead atoms. The van der Waals surface area contributed by atoms with Gasteiger partial charge in [-0.3, -0.25) is 0 Å². The molecule has 0 aliphatic carbocycles. The van der Waals surface area contributed by atoms with Crippen LogP contribution in [-0.2, 0) is 6.42 Å². The minimum Gasteiger partial charge on any atom is -0.495 e. The van der Waals surface area contributed by atoms with Crippen molar-refractivity contribution < 1.29 is 4.74 Å². The molecule has 1 aromatic carbocycles. The SMILES string of the molecule is CCc1ccc(C(Cl)c2cc(Cl)c(OC)cc2Cl)s1. The molecule has 1 nitrogen and oxygen atoms in total. The third-order valence-corrected chi connectivity index (χ3v) is 5.34. The summed E-state index contributed by atoms with van der Waals surface area (Å²) in [5.41, 5.74) is 0.804. The average Bonchev–Trinajstić information content (AvgIpc) is 2.89. The van der Waals surface area contributed by atoms with Crippen molar-refractivity contribution in [2.24, 2.45) is 0 Å². The molecular weight excluding hydrogens is 323 g/mol. The number of hydrogen-bond acceptors (Lipinski definition) is 2. The van der Waals surface area contributed by atoms with Gasteiger partial charge in [0.1, 0.15) is 5.75 Å². The lowest BCUT2D eigenvalue weighted by Crippen LogP contribution is -1.94. The molecule has 0 radical (unpaired) electrons. The van der Waals surface area contributed by atoms with E-state index in [-0.39, 0.29) is 5.38 Å². The van der Waals surface area contributed by atoms with Gasteiger partial charge >= 0.3 is 0 Å². The fourth-order valence-electron chi connectivity index (χ4n) is 1.77. The first-order valence-electron chi connectivity index (χ1n) is 5.82. The molecule has 102 valence electrons. The van der Waals surface area contributed by atoms with Crippen LogP contribution >= 0.6 is 46.1 Å². The van der Waals surface area contributed by atoms with E-state index in [0.29, 0.717) is 15.8 Å². The number of halogens is 3. The van der Waals surface area contributed by atoms with Gasteiger partial charge in [0, 0.05) is 20.8 Å². The van der Waals surface area contributed by atoms with E-state index in [9.17, 15) is 0 Å². The van der Waals surface area contributed by atoms with Crippen LogP contribution in [0.5, 0.6) is 5.75 Å². The lowest BCUT2D eigenvalue weighted by molar-refractivity contribution is 0.415. The normalized spacial score (nSPS) is 12.5. The number of benzene rings is 1. The van der Waals surface area contributed by atoms with Crippen LogP contribution in [0, 0.1) is 0 Å². The quantitative estimate of drug-likeness (QED) is 0.627. The van der Waals surface area contributed by atoms with Crippen molar-refractivity contribution >= 4 is 46.1 Å². The monoisotopic (exact) mass is 334 g/mol. The topological polar surface area (TPSA) is 9.23 Å². The first-order valence-corrected chi connectivity index (χ1v) is 7.83. The van der Waals surface area contributed by atoms with Crippen LogP contribution in [-0.4, -0.2) is 7.11 Å². The van der Waals surface area contributed by atoms with Crippen molar-refractivity contribution in [2.45, 2.75) is 18.7 Å². The molecule has 0 saturated heterocycles. The van der Waals surface area contributed by atoms with Crippen LogP contribution in [0.1, 0.15) is 27.6 Å². The zero-order valence-corrected chi connectivity index (χ0v) is 13.6. The fraction of sp³-hybridized carbons (Fsp3) is 0.286. The van der Waals surface area contributed by atoms with Gasteiger partial charge in [0.05, 0.1) is 17.5 Å². The molecule has 19 heavy (non-hydrogen) atoms. The molecule has 0 amide bonds. The molecule has 2 aromatic rings. The Morgan fingerprint density at radius 3 is 2.53 bits per heavy atom. The molecule has 0 N–H and O–H groups in total. The molecule has 0 aliphatic heterocycles. The smallest absolute Gasteiger partial charge is 0.138 e. The zero-order valence-electron chi connectivity index (χ0n) is 10.5. The van der Waals surface area contributed by atoms with Gasteiger partial charge < -0.3 is 4.74 Å². The minimum absolute atomic E-state index is 0.291. The Bertz CT molecular complexity index is 580. The summed E-state index contributed by atoms with van der Waals surface area (Å²) in [6, 6.07) is 7.60. The van der Waals surface area contributed by atoms with Crippen molar-refractivity contribution in [3.8, 4) is 5.75 Å². The van der Waals surface area contributed by atoms with Crippen molar-refractivity contribution in [2.75, 3.05) is 7.11 Å². The summed E-state index contributed by atoms with van der Waals surface area (Å²) in [6.07, 6.45) is 1.01. The Hall–Kier alpha value is -0.410. The number of rotatable bonds is 4. The van der Waals surface area contributed by atoms with Crippen LogP contribution in [0.4, 0.5) is 0 Å².